The Kier molecular flexibility index (Phi) is 3.72. The number of aromatic nitrogens is 1. The first-order valence-corrected chi connectivity index (χ1v) is 5.60. The van der Waals surface area contributed by atoms with Gasteiger partial charge in [-0.15, -0.1) is 0 Å². The highest BCUT2D eigenvalue weighted by atomic mass is 19.1. The fraction of sp³-hybridized carbons (Fsp3) is 0.154. The fourth-order valence-corrected chi connectivity index (χ4v) is 1.57. The Morgan fingerprint density at radius 3 is 2.44 bits per heavy atom. The van der Waals surface area contributed by atoms with E-state index in [1.807, 2.05) is 6.92 Å². The van der Waals surface area contributed by atoms with E-state index in [4.69, 9.17) is 0 Å². The molecule has 0 bridgehead atoms. The molecule has 0 unspecified atom stereocenters. The van der Waals surface area contributed by atoms with Gasteiger partial charge in [0.2, 0.25) is 0 Å². The van der Waals surface area contributed by atoms with Gasteiger partial charge in [-0.3, -0.25) is 4.98 Å². The topological polar surface area (TPSA) is 37.0 Å². The average molecular weight is 249 g/mol. The van der Waals surface area contributed by atoms with Crippen LogP contribution in [0.25, 0.3) is 0 Å². The predicted molar refractivity (Wildman–Crippen MR) is 68.0 cm³/mol. The smallest absolute Gasteiger partial charge is 0.149 e. The standard InChI is InChI=1S/C13H13F2N3/c1-2-17-9-6-10(8-16-7-9)18-13-11(14)4-3-5-12(13)15/h3-8,17-18H,2H2,1H3. The lowest BCUT2D eigenvalue weighted by molar-refractivity contribution is 0.591. The summed E-state index contributed by atoms with van der Waals surface area (Å²) < 4.78 is 26.9. The molecule has 0 fully saturated rings. The van der Waals surface area contributed by atoms with Crippen molar-refractivity contribution in [2.24, 2.45) is 0 Å². The van der Waals surface area contributed by atoms with E-state index in [2.05, 4.69) is 15.6 Å². The monoisotopic (exact) mass is 249 g/mol. The number of hydrogen-bond donors (Lipinski definition) is 2. The molecule has 0 aliphatic rings. The molecule has 2 N–H and O–H groups in total. The number of nitrogens with one attached hydrogen (secondary N) is 2. The zero-order valence-corrected chi connectivity index (χ0v) is 9.87. The van der Waals surface area contributed by atoms with Gasteiger partial charge in [-0.1, -0.05) is 6.07 Å². The molecule has 0 atom stereocenters. The lowest BCUT2D eigenvalue weighted by Crippen LogP contribution is -2.00. The van der Waals surface area contributed by atoms with Crippen LogP contribution in [-0.4, -0.2) is 11.5 Å². The molecular formula is C13H13F2N3. The fourth-order valence-electron chi connectivity index (χ4n) is 1.57. The third-order valence-electron chi connectivity index (χ3n) is 2.35. The van der Waals surface area contributed by atoms with Crippen LogP contribution in [0.15, 0.2) is 36.7 Å². The average Bonchev–Trinajstić information content (AvgIpc) is 2.35. The van der Waals surface area contributed by atoms with Gasteiger partial charge < -0.3 is 10.6 Å². The summed E-state index contributed by atoms with van der Waals surface area (Å²) in [4.78, 5) is 3.99. The van der Waals surface area contributed by atoms with E-state index in [0.717, 1.165) is 12.2 Å². The highest BCUT2D eigenvalue weighted by Crippen LogP contribution is 2.23. The summed E-state index contributed by atoms with van der Waals surface area (Å²) in [6.07, 6.45) is 3.15. The number of pyridine rings is 1. The zero-order valence-electron chi connectivity index (χ0n) is 9.87. The summed E-state index contributed by atoms with van der Waals surface area (Å²) in [5.41, 5.74) is 1.14. The lowest BCUT2D eigenvalue weighted by Gasteiger charge is -2.10. The van der Waals surface area contributed by atoms with Crippen LogP contribution in [0.2, 0.25) is 0 Å². The van der Waals surface area contributed by atoms with Crippen molar-refractivity contribution in [1.82, 2.24) is 4.98 Å². The van der Waals surface area contributed by atoms with E-state index in [1.54, 1.807) is 12.3 Å². The second-order valence-electron chi connectivity index (χ2n) is 3.71. The van der Waals surface area contributed by atoms with Crippen LogP contribution in [0.5, 0.6) is 0 Å². The van der Waals surface area contributed by atoms with Crippen molar-refractivity contribution in [3.63, 3.8) is 0 Å². The molecule has 0 saturated carbocycles. The third kappa shape index (κ3) is 2.74. The number of halogens is 2. The molecule has 3 nitrogen and oxygen atoms in total. The Morgan fingerprint density at radius 2 is 1.78 bits per heavy atom. The van der Waals surface area contributed by atoms with Gasteiger partial charge in [-0.25, -0.2) is 8.78 Å². The zero-order chi connectivity index (χ0) is 13.0. The van der Waals surface area contributed by atoms with E-state index in [0.29, 0.717) is 5.69 Å². The molecule has 5 heteroatoms. The molecular weight excluding hydrogens is 236 g/mol. The summed E-state index contributed by atoms with van der Waals surface area (Å²) in [7, 11) is 0. The minimum Gasteiger partial charge on any atom is -0.384 e. The minimum atomic E-state index is -0.635. The molecule has 0 aliphatic carbocycles. The molecule has 2 aromatic rings. The van der Waals surface area contributed by atoms with Crippen molar-refractivity contribution in [3.8, 4) is 0 Å². The summed E-state index contributed by atoms with van der Waals surface area (Å²) in [5.74, 6) is -1.27. The molecule has 1 aromatic carbocycles. The SMILES string of the molecule is CCNc1cncc(Nc2c(F)cccc2F)c1. The van der Waals surface area contributed by atoms with Gasteiger partial charge >= 0.3 is 0 Å². The first kappa shape index (κ1) is 12.3. The first-order chi connectivity index (χ1) is 8.70. The van der Waals surface area contributed by atoms with Crippen molar-refractivity contribution < 1.29 is 8.78 Å². The van der Waals surface area contributed by atoms with Crippen LogP contribution >= 0.6 is 0 Å². The van der Waals surface area contributed by atoms with E-state index in [1.165, 1.54) is 24.4 Å². The second-order valence-corrected chi connectivity index (χ2v) is 3.71. The molecule has 1 aromatic heterocycles. The Balaban J connectivity index is 2.26. The summed E-state index contributed by atoms with van der Waals surface area (Å²) in [6.45, 7) is 2.70. The molecule has 0 radical (unpaired) electrons. The quantitative estimate of drug-likeness (QED) is 0.870. The van der Waals surface area contributed by atoms with Crippen LogP contribution in [0.3, 0.4) is 0 Å². The van der Waals surface area contributed by atoms with Gasteiger partial charge in [0.15, 0.2) is 0 Å². The predicted octanol–water partition coefficient (Wildman–Crippen LogP) is 3.54. The van der Waals surface area contributed by atoms with Gasteiger partial charge in [0.25, 0.3) is 0 Å². The van der Waals surface area contributed by atoms with Crippen molar-refractivity contribution in [3.05, 3.63) is 48.3 Å². The van der Waals surface area contributed by atoms with Crippen molar-refractivity contribution in [1.29, 1.82) is 0 Å². The van der Waals surface area contributed by atoms with Gasteiger partial charge in [-0.05, 0) is 25.1 Å². The van der Waals surface area contributed by atoms with Crippen molar-refractivity contribution in [2.75, 3.05) is 17.2 Å². The molecule has 0 amide bonds. The molecule has 0 spiro atoms. The summed E-state index contributed by atoms with van der Waals surface area (Å²) >= 11 is 0. The number of benzene rings is 1. The van der Waals surface area contributed by atoms with Gasteiger partial charge in [0, 0.05) is 6.54 Å². The van der Waals surface area contributed by atoms with Gasteiger partial charge in [0.05, 0.1) is 23.8 Å². The Morgan fingerprint density at radius 1 is 1.11 bits per heavy atom. The molecule has 2 rings (SSSR count). The van der Waals surface area contributed by atoms with Crippen LogP contribution in [0, 0.1) is 11.6 Å². The van der Waals surface area contributed by atoms with Crippen molar-refractivity contribution in [2.45, 2.75) is 6.92 Å². The largest absolute Gasteiger partial charge is 0.384 e. The normalized spacial score (nSPS) is 10.2. The van der Waals surface area contributed by atoms with Crippen LogP contribution < -0.4 is 10.6 Å². The number of anilines is 3. The first-order valence-electron chi connectivity index (χ1n) is 5.60. The highest BCUT2D eigenvalue weighted by molar-refractivity contribution is 5.63. The van der Waals surface area contributed by atoms with Crippen molar-refractivity contribution >= 4 is 17.1 Å². The van der Waals surface area contributed by atoms with Crippen LogP contribution in [0.4, 0.5) is 25.8 Å². The lowest BCUT2D eigenvalue weighted by atomic mass is 10.2. The summed E-state index contributed by atoms with van der Waals surface area (Å²) in [5, 5.41) is 5.76. The molecule has 0 aliphatic heterocycles. The number of nitrogens with zero attached hydrogens (tertiary/aromatic N) is 1. The second kappa shape index (κ2) is 5.44. The van der Waals surface area contributed by atoms with E-state index in [-0.39, 0.29) is 5.69 Å². The Hall–Kier alpha value is -2.17. The highest BCUT2D eigenvalue weighted by Gasteiger charge is 2.08. The molecule has 0 saturated heterocycles. The summed E-state index contributed by atoms with van der Waals surface area (Å²) in [6, 6.07) is 5.46. The maximum absolute atomic E-state index is 13.4. The Bertz CT molecular complexity index is 523. The van der Waals surface area contributed by atoms with Gasteiger partial charge in [-0.2, -0.15) is 0 Å². The number of para-hydroxylation sites is 1. The maximum atomic E-state index is 13.4. The van der Waals surface area contributed by atoms with Crippen LogP contribution in [-0.2, 0) is 0 Å². The van der Waals surface area contributed by atoms with Crippen LogP contribution in [0.1, 0.15) is 6.92 Å². The Labute approximate surface area is 104 Å². The molecule has 18 heavy (non-hydrogen) atoms. The number of rotatable bonds is 4. The van der Waals surface area contributed by atoms with Gasteiger partial charge in [0.1, 0.15) is 17.3 Å². The van der Waals surface area contributed by atoms with E-state index in [9.17, 15) is 8.78 Å². The third-order valence-corrected chi connectivity index (χ3v) is 2.35. The maximum Gasteiger partial charge on any atom is 0.149 e. The number of hydrogen-bond acceptors (Lipinski definition) is 3. The van der Waals surface area contributed by atoms with E-state index < -0.39 is 11.6 Å². The van der Waals surface area contributed by atoms with E-state index >= 15 is 0 Å². The minimum absolute atomic E-state index is 0.173. The molecule has 94 valence electrons. The molecule has 1 heterocycles.